The van der Waals surface area contributed by atoms with Crippen molar-refractivity contribution in [3.05, 3.63) is 54.1 Å². The van der Waals surface area contributed by atoms with Gasteiger partial charge in [0.2, 0.25) is 0 Å². The van der Waals surface area contributed by atoms with Crippen LogP contribution in [0.25, 0.3) is 0 Å². The third-order valence-electron chi connectivity index (χ3n) is 3.76. The molecule has 2 aromatic rings. The molecule has 1 aliphatic rings. The van der Waals surface area contributed by atoms with E-state index in [2.05, 4.69) is 5.32 Å². The number of aryl methyl sites for hydroxylation is 1. The maximum Gasteiger partial charge on any atom is 0.310 e. The first-order chi connectivity index (χ1) is 12.1. The molecule has 25 heavy (non-hydrogen) atoms. The number of para-hydroxylation sites is 3. The minimum absolute atomic E-state index is 0.109. The zero-order valence-electron chi connectivity index (χ0n) is 13.9. The van der Waals surface area contributed by atoms with Gasteiger partial charge in [0.25, 0.3) is 5.91 Å². The van der Waals surface area contributed by atoms with E-state index in [4.69, 9.17) is 14.2 Å². The molecule has 1 unspecified atom stereocenters. The molecule has 1 atom stereocenters. The number of benzene rings is 2. The van der Waals surface area contributed by atoms with Crippen molar-refractivity contribution < 1.29 is 23.8 Å². The van der Waals surface area contributed by atoms with E-state index < -0.39 is 12.1 Å². The summed E-state index contributed by atoms with van der Waals surface area (Å²) in [6.07, 6.45) is -1.04. The number of ether oxygens (including phenoxy) is 3. The van der Waals surface area contributed by atoms with Gasteiger partial charge in [-0.1, -0.05) is 30.3 Å². The van der Waals surface area contributed by atoms with E-state index in [1.807, 2.05) is 31.2 Å². The molecule has 1 N–H and O–H groups in total. The van der Waals surface area contributed by atoms with Crippen molar-refractivity contribution in [3.8, 4) is 11.5 Å². The summed E-state index contributed by atoms with van der Waals surface area (Å²) in [5.74, 6) is 0.438. The Morgan fingerprint density at radius 1 is 1.12 bits per heavy atom. The molecule has 130 valence electrons. The Hall–Kier alpha value is -3.02. The quantitative estimate of drug-likeness (QED) is 0.646. The molecule has 3 rings (SSSR count). The highest BCUT2D eigenvalue weighted by atomic mass is 16.6. The minimum atomic E-state index is -0.889. The maximum atomic E-state index is 12.0. The second-order valence-electron chi connectivity index (χ2n) is 5.63. The molecule has 1 aliphatic heterocycles. The van der Waals surface area contributed by atoms with Crippen LogP contribution in [-0.2, 0) is 14.3 Å². The van der Waals surface area contributed by atoms with E-state index in [1.165, 1.54) is 0 Å². The van der Waals surface area contributed by atoms with Crippen LogP contribution in [0.5, 0.6) is 11.5 Å². The van der Waals surface area contributed by atoms with Gasteiger partial charge in [-0.05, 0) is 30.7 Å². The van der Waals surface area contributed by atoms with Crippen molar-refractivity contribution in [2.45, 2.75) is 19.4 Å². The monoisotopic (exact) mass is 341 g/mol. The topological polar surface area (TPSA) is 73.9 Å². The molecular formula is C19H19NO5. The predicted octanol–water partition coefficient (Wildman–Crippen LogP) is 2.71. The molecule has 0 fully saturated rings. The molecule has 1 heterocycles. The van der Waals surface area contributed by atoms with Crippen molar-refractivity contribution in [1.29, 1.82) is 0 Å². The third-order valence-corrected chi connectivity index (χ3v) is 3.76. The number of amides is 1. The number of esters is 1. The zero-order valence-corrected chi connectivity index (χ0v) is 13.9. The lowest BCUT2D eigenvalue weighted by Crippen LogP contribution is -2.39. The first-order valence-corrected chi connectivity index (χ1v) is 8.04. The Labute approximate surface area is 145 Å². The van der Waals surface area contributed by atoms with E-state index in [0.29, 0.717) is 11.4 Å². The molecule has 0 radical (unpaired) electrons. The summed E-state index contributed by atoms with van der Waals surface area (Å²) in [4.78, 5) is 23.9. The van der Waals surface area contributed by atoms with Crippen LogP contribution in [0.3, 0.4) is 0 Å². The Kier molecular flexibility index (Phi) is 5.18. The number of fused-ring (bicyclic) bond motifs is 1. The molecule has 0 saturated heterocycles. The summed E-state index contributed by atoms with van der Waals surface area (Å²) in [5.41, 5.74) is 1.61. The molecule has 6 nitrogen and oxygen atoms in total. The fourth-order valence-corrected chi connectivity index (χ4v) is 2.46. The molecule has 6 heteroatoms. The van der Waals surface area contributed by atoms with Gasteiger partial charge in [-0.3, -0.25) is 9.59 Å². The van der Waals surface area contributed by atoms with Crippen molar-refractivity contribution >= 4 is 17.6 Å². The van der Waals surface area contributed by atoms with Crippen LogP contribution in [0.1, 0.15) is 12.0 Å². The van der Waals surface area contributed by atoms with Gasteiger partial charge in [0, 0.05) is 0 Å². The van der Waals surface area contributed by atoms with Gasteiger partial charge < -0.3 is 19.5 Å². The molecule has 0 bridgehead atoms. The Morgan fingerprint density at radius 3 is 2.72 bits per heavy atom. The molecule has 0 saturated carbocycles. The van der Waals surface area contributed by atoms with Gasteiger partial charge in [0.15, 0.2) is 6.10 Å². The van der Waals surface area contributed by atoms with E-state index in [1.54, 1.807) is 24.3 Å². The molecular weight excluding hydrogens is 322 g/mol. The lowest BCUT2D eigenvalue weighted by atomic mass is 10.1. The number of carbonyl (C=O) groups is 2. The SMILES string of the molecule is Cc1ccccc1OCCOC(=O)CC1Oc2ccccc2NC1=O. The van der Waals surface area contributed by atoms with E-state index >= 15 is 0 Å². The van der Waals surface area contributed by atoms with Crippen LogP contribution >= 0.6 is 0 Å². The van der Waals surface area contributed by atoms with Gasteiger partial charge in [0.1, 0.15) is 24.7 Å². The summed E-state index contributed by atoms with van der Waals surface area (Å²) in [6.45, 7) is 2.30. The summed E-state index contributed by atoms with van der Waals surface area (Å²) in [6, 6.07) is 14.7. The fraction of sp³-hybridized carbons (Fsp3) is 0.263. The normalized spacial score (nSPS) is 15.6. The second kappa shape index (κ2) is 7.70. The van der Waals surface area contributed by atoms with Gasteiger partial charge in [0.05, 0.1) is 12.1 Å². The zero-order chi connectivity index (χ0) is 17.6. The highest BCUT2D eigenvalue weighted by Gasteiger charge is 2.30. The van der Waals surface area contributed by atoms with Crippen LogP contribution in [-0.4, -0.2) is 31.2 Å². The average molecular weight is 341 g/mol. The van der Waals surface area contributed by atoms with E-state index in [9.17, 15) is 9.59 Å². The fourth-order valence-electron chi connectivity index (χ4n) is 2.46. The highest BCUT2D eigenvalue weighted by molar-refractivity contribution is 5.99. The van der Waals surface area contributed by atoms with Crippen molar-refractivity contribution in [1.82, 2.24) is 0 Å². The highest BCUT2D eigenvalue weighted by Crippen LogP contribution is 2.29. The number of carbonyl (C=O) groups excluding carboxylic acids is 2. The summed E-state index contributed by atoms with van der Waals surface area (Å²) >= 11 is 0. The number of hydrogen-bond acceptors (Lipinski definition) is 5. The Morgan fingerprint density at radius 2 is 1.88 bits per heavy atom. The number of rotatable bonds is 6. The molecule has 0 aromatic heterocycles. The van der Waals surface area contributed by atoms with Crippen LogP contribution in [0, 0.1) is 6.92 Å². The first kappa shape index (κ1) is 16.8. The summed E-state index contributed by atoms with van der Waals surface area (Å²) < 4.78 is 16.2. The molecule has 1 amide bonds. The summed E-state index contributed by atoms with van der Waals surface area (Å²) in [5, 5.41) is 2.71. The number of anilines is 1. The lowest BCUT2D eigenvalue weighted by Gasteiger charge is -2.25. The van der Waals surface area contributed by atoms with Crippen LogP contribution in [0.15, 0.2) is 48.5 Å². The standard InChI is InChI=1S/C19H19NO5/c1-13-6-2-4-8-15(13)23-10-11-24-18(21)12-17-19(22)20-14-7-3-5-9-16(14)25-17/h2-9,17H,10-12H2,1H3,(H,20,22). The van der Waals surface area contributed by atoms with E-state index in [0.717, 1.165) is 11.3 Å². The smallest absolute Gasteiger partial charge is 0.310 e. The Bertz CT molecular complexity index is 774. The minimum Gasteiger partial charge on any atom is -0.490 e. The number of hydrogen-bond donors (Lipinski definition) is 1. The Balaban J connectivity index is 1.44. The maximum absolute atomic E-state index is 12.0. The van der Waals surface area contributed by atoms with Gasteiger partial charge >= 0.3 is 5.97 Å². The van der Waals surface area contributed by atoms with E-state index in [-0.39, 0.29) is 25.5 Å². The second-order valence-corrected chi connectivity index (χ2v) is 5.63. The van der Waals surface area contributed by atoms with Gasteiger partial charge in [-0.2, -0.15) is 0 Å². The number of nitrogens with one attached hydrogen (secondary N) is 1. The van der Waals surface area contributed by atoms with Crippen molar-refractivity contribution in [2.24, 2.45) is 0 Å². The third kappa shape index (κ3) is 4.29. The average Bonchev–Trinajstić information content (AvgIpc) is 2.61. The van der Waals surface area contributed by atoms with Crippen LogP contribution in [0.2, 0.25) is 0 Å². The predicted molar refractivity (Wildman–Crippen MR) is 91.7 cm³/mol. The lowest BCUT2D eigenvalue weighted by molar-refractivity contribution is -0.148. The van der Waals surface area contributed by atoms with Gasteiger partial charge in [-0.15, -0.1) is 0 Å². The molecule has 0 spiro atoms. The largest absolute Gasteiger partial charge is 0.490 e. The molecule has 0 aliphatic carbocycles. The van der Waals surface area contributed by atoms with Crippen LogP contribution in [0.4, 0.5) is 5.69 Å². The van der Waals surface area contributed by atoms with Crippen LogP contribution < -0.4 is 14.8 Å². The summed E-state index contributed by atoms with van der Waals surface area (Å²) in [7, 11) is 0. The van der Waals surface area contributed by atoms with Crippen molar-refractivity contribution in [2.75, 3.05) is 18.5 Å². The first-order valence-electron chi connectivity index (χ1n) is 8.04. The van der Waals surface area contributed by atoms with Gasteiger partial charge in [-0.25, -0.2) is 0 Å². The molecule has 2 aromatic carbocycles. The van der Waals surface area contributed by atoms with Crippen molar-refractivity contribution in [3.63, 3.8) is 0 Å².